The van der Waals surface area contributed by atoms with Crippen molar-refractivity contribution in [2.45, 2.75) is 97.6 Å². The standard InChI is InChI=1S/C26H40BrNO7/c1-17(2)21-16-33-26(32)28(21)25(31)18(3)24(34-19(4)30)23-15-20(27)22(35-23)13-11-9-7-5-6-8-10-12-14-29/h15,17-18,21,24,29H,5-14,16H2,1-4H3/t18-,21+,24-/m0/s1. The van der Waals surface area contributed by atoms with Gasteiger partial charge in [0.05, 0.1) is 16.4 Å². The van der Waals surface area contributed by atoms with Gasteiger partial charge in [0, 0.05) is 20.0 Å². The van der Waals surface area contributed by atoms with Gasteiger partial charge in [0.15, 0.2) is 6.10 Å². The number of amides is 2. The first kappa shape index (κ1) is 29.4. The summed E-state index contributed by atoms with van der Waals surface area (Å²) in [5.41, 5.74) is 0. The number of furan rings is 1. The van der Waals surface area contributed by atoms with Gasteiger partial charge in [-0.05, 0) is 47.7 Å². The lowest BCUT2D eigenvalue weighted by atomic mass is 9.98. The van der Waals surface area contributed by atoms with E-state index in [4.69, 9.17) is 19.0 Å². The van der Waals surface area contributed by atoms with Gasteiger partial charge in [-0.3, -0.25) is 9.59 Å². The molecule has 3 atom stereocenters. The van der Waals surface area contributed by atoms with Crippen molar-refractivity contribution in [3.8, 4) is 0 Å². The number of aliphatic hydroxyl groups is 1. The number of hydrogen-bond donors (Lipinski definition) is 1. The highest BCUT2D eigenvalue weighted by molar-refractivity contribution is 9.10. The van der Waals surface area contributed by atoms with Crippen LogP contribution >= 0.6 is 15.9 Å². The van der Waals surface area contributed by atoms with Crippen molar-refractivity contribution < 1.29 is 33.4 Å². The lowest BCUT2D eigenvalue weighted by Gasteiger charge is -2.28. The van der Waals surface area contributed by atoms with Gasteiger partial charge in [0.2, 0.25) is 5.91 Å². The molecule has 0 radical (unpaired) electrons. The molecule has 2 amide bonds. The third kappa shape index (κ3) is 8.63. The number of esters is 1. The summed E-state index contributed by atoms with van der Waals surface area (Å²) in [5, 5.41) is 8.82. The van der Waals surface area contributed by atoms with E-state index in [9.17, 15) is 14.4 Å². The van der Waals surface area contributed by atoms with Crippen LogP contribution in [0.15, 0.2) is 15.0 Å². The van der Waals surface area contributed by atoms with Crippen LogP contribution in [-0.2, 0) is 25.5 Å². The monoisotopic (exact) mass is 557 g/mol. The van der Waals surface area contributed by atoms with Gasteiger partial charge in [-0.1, -0.05) is 52.4 Å². The number of halogens is 1. The predicted molar refractivity (Wildman–Crippen MR) is 135 cm³/mol. The summed E-state index contributed by atoms with van der Waals surface area (Å²) in [6.07, 6.45) is 7.80. The molecule has 0 bridgehead atoms. The molecule has 1 fully saturated rings. The summed E-state index contributed by atoms with van der Waals surface area (Å²) in [4.78, 5) is 38.6. The van der Waals surface area contributed by atoms with Crippen LogP contribution in [0.3, 0.4) is 0 Å². The molecule has 1 saturated heterocycles. The maximum absolute atomic E-state index is 13.3. The topological polar surface area (TPSA) is 106 Å². The molecule has 198 valence electrons. The van der Waals surface area contributed by atoms with Crippen LogP contribution in [-0.4, -0.2) is 47.2 Å². The zero-order valence-electron chi connectivity index (χ0n) is 21.4. The van der Waals surface area contributed by atoms with Gasteiger partial charge < -0.3 is 19.0 Å². The Kier molecular flexibility index (Phi) is 12.3. The fraction of sp³-hybridized carbons (Fsp3) is 0.731. The van der Waals surface area contributed by atoms with E-state index in [-0.39, 0.29) is 25.2 Å². The van der Waals surface area contributed by atoms with Crippen LogP contribution < -0.4 is 0 Å². The average molecular weight is 559 g/mol. The number of ether oxygens (including phenoxy) is 2. The van der Waals surface area contributed by atoms with E-state index in [0.717, 1.165) is 60.1 Å². The van der Waals surface area contributed by atoms with Gasteiger partial charge in [-0.25, -0.2) is 9.69 Å². The van der Waals surface area contributed by atoms with Crippen LogP contribution in [0.25, 0.3) is 0 Å². The molecule has 0 spiro atoms. The fourth-order valence-electron chi connectivity index (χ4n) is 4.31. The number of carbonyl (C=O) groups excluding carboxylic acids is 3. The highest BCUT2D eigenvalue weighted by Crippen LogP contribution is 2.35. The molecule has 1 aliphatic rings. The van der Waals surface area contributed by atoms with Gasteiger partial charge in [-0.2, -0.15) is 0 Å². The molecular formula is C26H40BrNO7. The Morgan fingerprint density at radius 1 is 1.11 bits per heavy atom. The number of hydrogen-bond acceptors (Lipinski definition) is 7. The van der Waals surface area contributed by atoms with E-state index in [0.29, 0.717) is 5.76 Å². The summed E-state index contributed by atoms with van der Waals surface area (Å²) < 4.78 is 17.4. The Labute approximate surface area is 216 Å². The molecule has 9 heteroatoms. The predicted octanol–water partition coefficient (Wildman–Crippen LogP) is 5.94. The Morgan fingerprint density at radius 2 is 1.71 bits per heavy atom. The van der Waals surface area contributed by atoms with Crippen molar-refractivity contribution in [3.05, 3.63) is 22.1 Å². The van der Waals surface area contributed by atoms with Crippen molar-refractivity contribution >= 4 is 33.9 Å². The first-order valence-electron chi connectivity index (χ1n) is 12.7. The molecule has 8 nitrogen and oxygen atoms in total. The molecule has 35 heavy (non-hydrogen) atoms. The number of cyclic esters (lactones) is 1. The quantitative estimate of drug-likeness (QED) is 0.210. The number of aliphatic hydroxyl groups excluding tert-OH is 1. The molecule has 0 aromatic carbocycles. The van der Waals surface area contributed by atoms with Crippen LogP contribution in [0.5, 0.6) is 0 Å². The van der Waals surface area contributed by atoms with E-state index in [1.54, 1.807) is 13.0 Å². The number of carbonyl (C=O) groups is 3. The average Bonchev–Trinajstić information content (AvgIpc) is 3.37. The van der Waals surface area contributed by atoms with Crippen LogP contribution in [0.4, 0.5) is 4.79 Å². The second-order valence-electron chi connectivity index (χ2n) is 9.64. The number of unbranched alkanes of at least 4 members (excludes halogenated alkanes) is 7. The zero-order valence-corrected chi connectivity index (χ0v) is 23.0. The second kappa shape index (κ2) is 14.6. The molecule has 1 aromatic rings. The number of imide groups is 1. The van der Waals surface area contributed by atoms with Crippen LogP contribution in [0.2, 0.25) is 0 Å². The lowest BCUT2D eigenvalue weighted by Crippen LogP contribution is -2.45. The second-order valence-corrected chi connectivity index (χ2v) is 10.5. The molecule has 2 heterocycles. The Balaban J connectivity index is 2.00. The van der Waals surface area contributed by atoms with E-state index in [1.807, 2.05) is 13.8 Å². The third-order valence-electron chi connectivity index (χ3n) is 6.42. The normalized spacial score (nSPS) is 17.5. The molecule has 0 aliphatic carbocycles. The highest BCUT2D eigenvalue weighted by atomic mass is 79.9. The minimum absolute atomic E-state index is 0.0367. The highest BCUT2D eigenvalue weighted by Gasteiger charge is 2.44. The Hall–Kier alpha value is -1.87. The Morgan fingerprint density at radius 3 is 2.29 bits per heavy atom. The summed E-state index contributed by atoms with van der Waals surface area (Å²) in [6.45, 7) is 7.20. The summed E-state index contributed by atoms with van der Waals surface area (Å²) in [7, 11) is 0. The van der Waals surface area contributed by atoms with Crippen LogP contribution in [0.1, 0.15) is 96.7 Å². The minimum Gasteiger partial charge on any atom is -0.461 e. The largest absolute Gasteiger partial charge is 0.461 e. The van der Waals surface area contributed by atoms with Gasteiger partial charge in [0.25, 0.3) is 0 Å². The van der Waals surface area contributed by atoms with Gasteiger partial charge >= 0.3 is 12.1 Å². The summed E-state index contributed by atoms with van der Waals surface area (Å²) in [6, 6.07) is 1.39. The maximum atomic E-state index is 13.3. The summed E-state index contributed by atoms with van der Waals surface area (Å²) in [5.74, 6) is -0.657. The molecule has 1 aliphatic heterocycles. The molecule has 0 unspecified atom stereocenters. The first-order valence-corrected chi connectivity index (χ1v) is 13.5. The van der Waals surface area contributed by atoms with E-state index < -0.39 is 30.0 Å². The van der Waals surface area contributed by atoms with Crippen molar-refractivity contribution in [1.82, 2.24) is 4.90 Å². The van der Waals surface area contributed by atoms with Gasteiger partial charge in [0.1, 0.15) is 18.1 Å². The summed E-state index contributed by atoms with van der Waals surface area (Å²) >= 11 is 3.54. The number of nitrogens with zero attached hydrogens (tertiary/aromatic N) is 1. The van der Waals surface area contributed by atoms with E-state index >= 15 is 0 Å². The zero-order chi connectivity index (χ0) is 26.0. The molecule has 0 saturated carbocycles. The molecule has 2 rings (SSSR count). The van der Waals surface area contributed by atoms with Crippen molar-refractivity contribution in [2.24, 2.45) is 11.8 Å². The Bertz CT molecular complexity index is 838. The third-order valence-corrected chi connectivity index (χ3v) is 7.09. The van der Waals surface area contributed by atoms with E-state index in [2.05, 4.69) is 15.9 Å². The van der Waals surface area contributed by atoms with Crippen molar-refractivity contribution in [2.75, 3.05) is 13.2 Å². The van der Waals surface area contributed by atoms with Gasteiger partial charge in [-0.15, -0.1) is 0 Å². The van der Waals surface area contributed by atoms with Crippen molar-refractivity contribution in [3.63, 3.8) is 0 Å². The maximum Gasteiger partial charge on any atom is 0.416 e. The first-order chi connectivity index (χ1) is 16.7. The lowest BCUT2D eigenvalue weighted by molar-refractivity contribution is -0.155. The number of aryl methyl sites for hydroxylation is 1. The smallest absolute Gasteiger partial charge is 0.416 e. The van der Waals surface area contributed by atoms with Crippen LogP contribution in [0, 0.1) is 11.8 Å². The fourth-order valence-corrected chi connectivity index (χ4v) is 4.81. The molecule has 1 aromatic heterocycles. The van der Waals surface area contributed by atoms with Crippen molar-refractivity contribution in [1.29, 1.82) is 0 Å². The molecular weight excluding hydrogens is 518 g/mol. The minimum atomic E-state index is -0.954. The number of rotatable bonds is 15. The van der Waals surface area contributed by atoms with E-state index in [1.165, 1.54) is 19.8 Å². The molecule has 1 N–H and O–H groups in total. The SMILES string of the molecule is CC(=O)O[C@H](c1cc(Br)c(CCCCCCCCCCO)o1)[C@H](C)C(=O)N1C(=O)OC[C@@H]1C(C)C.